The van der Waals surface area contributed by atoms with Crippen molar-refractivity contribution < 1.29 is 0 Å². The topological polar surface area (TPSA) is 51.6 Å². The molecule has 0 amide bonds. The molecule has 0 saturated heterocycles. The summed E-state index contributed by atoms with van der Waals surface area (Å²) < 4.78 is 0. The van der Waals surface area contributed by atoms with E-state index >= 15 is 0 Å². The summed E-state index contributed by atoms with van der Waals surface area (Å²) in [5.74, 6) is 1.92. The lowest BCUT2D eigenvalue weighted by Crippen LogP contribution is -2.00. The molecule has 0 atom stereocenters. The second-order valence-corrected chi connectivity index (χ2v) is 13.0. The van der Waals surface area contributed by atoms with Gasteiger partial charge in [0.15, 0.2) is 17.5 Å². The summed E-state index contributed by atoms with van der Waals surface area (Å²) in [5, 5.41) is 8.66. The van der Waals surface area contributed by atoms with Crippen LogP contribution < -0.4 is 0 Å². The first-order chi connectivity index (χ1) is 25.8. The van der Waals surface area contributed by atoms with Crippen LogP contribution in [0.1, 0.15) is 0 Å². The molecule has 10 rings (SSSR count). The van der Waals surface area contributed by atoms with E-state index in [9.17, 15) is 0 Å². The van der Waals surface area contributed by atoms with Crippen LogP contribution in [0.5, 0.6) is 0 Å². The third-order valence-electron chi connectivity index (χ3n) is 9.96. The molecular weight excluding hydrogens is 633 g/mol. The van der Waals surface area contributed by atoms with E-state index in [4.69, 9.17) is 19.9 Å². The van der Waals surface area contributed by atoms with Gasteiger partial charge in [-0.3, -0.25) is 4.98 Å². The van der Waals surface area contributed by atoms with E-state index in [1.165, 1.54) is 32.3 Å². The van der Waals surface area contributed by atoms with E-state index in [1.54, 1.807) is 0 Å². The van der Waals surface area contributed by atoms with Gasteiger partial charge in [-0.2, -0.15) is 0 Å². The SMILES string of the molecule is c1ccc(-c2nc(-c3ccccc3)nc(-c3ccc(-c4c(-c5ccc6c7ccccc7c7ccccc7c6c5)ccc5cccnc45)cc3)n2)cc1. The van der Waals surface area contributed by atoms with Crippen LogP contribution in [-0.2, 0) is 0 Å². The third kappa shape index (κ3) is 5.09. The molecule has 0 fully saturated rings. The van der Waals surface area contributed by atoms with Gasteiger partial charge in [0.05, 0.1) is 5.52 Å². The molecule has 2 heterocycles. The molecule has 52 heavy (non-hydrogen) atoms. The Morgan fingerprint density at radius 2 is 0.769 bits per heavy atom. The monoisotopic (exact) mass is 662 g/mol. The number of hydrogen-bond donors (Lipinski definition) is 0. The van der Waals surface area contributed by atoms with Crippen molar-refractivity contribution in [3.63, 3.8) is 0 Å². The zero-order chi connectivity index (χ0) is 34.4. The van der Waals surface area contributed by atoms with Crippen LogP contribution in [0.25, 0.3) is 99.6 Å². The van der Waals surface area contributed by atoms with Gasteiger partial charge in [0, 0.05) is 33.8 Å². The smallest absolute Gasteiger partial charge is 0.164 e. The Balaban J connectivity index is 1.14. The van der Waals surface area contributed by atoms with E-state index in [1.807, 2.05) is 72.9 Å². The molecule has 2 aromatic heterocycles. The Morgan fingerprint density at radius 3 is 1.35 bits per heavy atom. The van der Waals surface area contributed by atoms with Crippen molar-refractivity contribution in [3.05, 3.63) is 182 Å². The minimum absolute atomic E-state index is 0.629. The van der Waals surface area contributed by atoms with Crippen molar-refractivity contribution in [2.45, 2.75) is 0 Å². The number of aromatic nitrogens is 4. The summed E-state index contributed by atoms with van der Waals surface area (Å²) in [6, 6.07) is 61.6. The van der Waals surface area contributed by atoms with Gasteiger partial charge in [0.25, 0.3) is 0 Å². The Labute approximate surface area is 300 Å². The fraction of sp³-hybridized carbons (Fsp3) is 0. The summed E-state index contributed by atoms with van der Waals surface area (Å²) in [6.45, 7) is 0. The maximum atomic E-state index is 4.96. The van der Waals surface area contributed by atoms with Gasteiger partial charge in [-0.15, -0.1) is 0 Å². The number of hydrogen-bond acceptors (Lipinski definition) is 4. The first-order valence-electron chi connectivity index (χ1n) is 17.5. The lowest BCUT2D eigenvalue weighted by atomic mass is 9.88. The van der Waals surface area contributed by atoms with Crippen LogP contribution in [0.3, 0.4) is 0 Å². The average molecular weight is 663 g/mol. The summed E-state index contributed by atoms with van der Waals surface area (Å²) in [6.07, 6.45) is 1.88. The van der Waals surface area contributed by atoms with E-state index in [-0.39, 0.29) is 0 Å². The Bertz CT molecular complexity index is 2850. The number of pyridine rings is 1. The summed E-state index contributed by atoms with van der Waals surface area (Å²) >= 11 is 0. The molecule has 0 unspecified atom stereocenters. The Hall–Kier alpha value is -7.04. The highest BCUT2D eigenvalue weighted by molar-refractivity contribution is 6.26. The quantitative estimate of drug-likeness (QED) is 0.172. The molecular formula is C48H30N4. The molecule has 0 aliphatic heterocycles. The molecule has 0 saturated carbocycles. The highest BCUT2D eigenvalue weighted by Crippen LogP contribution is 2.41. The van der Waals surface area contributed by atoms with Crippen molar-refractivity contribution in [2.24, 2.45) is 0 Å². The normalized spacial score (nSPS) is 11.5. The maximum Gasteiger partial charge on any atom is 0.164 e. The molecule has 0 bridgehead atoms. The molecule has 0 spiro atoms. The van der Waals surface area contributed by atoms with Crippen molar-refractivity contribution in [1.82, 2.24) is 19.9 Å². The van der Waals surface area contributed by atoms with Gasteiger partial charge in [0.1, 0.15) is 0 Å². The summed E-state index contributed by atoms with van der Waals surface area (Å²) in [7, 11) is 0. The van der Waals surface area contributed by atoms with Gasteiger partial charge >= 0.3 is 0 Å². The number of nitrogens with zero attached hydrogens (tertiary/aromatic N) is 4. The zero-order valence-corrected chi connectivity index (χ0v) is 28.1. The molecule has 0 aliphatic carbocycles. The predicted molar refractivity (Wildman–Crippen MR) is 215 cm³/mol. The third-order valence-corrected chi connectivity index (χ3v) is 9.96. The molecule has 4 heteroatoms. The molecule has 4 nitrogen and oxygen atoms in total. The van der Waals surface area contributed by atoms with Crippen LogP contribution in [0, 0.1) is 0 Å². The van der Waals surface area contributed by atoms with E-state index < -0.39 is 0 Å². The van der Waals surface area contributed by atoms with Crippen molar-refractivity contribution >= 4 is 43.2 Å². The van der Waals surface area contributed by atoms with Gasteiger partial charge in [-0.1, -0.05) is 164 Å². The molecule has 0 aliphatic rings. The lowest BCUT2D eigenvalue weighted by molar-refractivity contribution is 1.07. The second-order valence-electron chi connectivity index (χ2n) is 13.0. The van der Waals surface area contributed by atoms with Crippen LogP contribution in [0.15, 0.2) is 182 Å². The first-order valence-corrected chi connectivity index (χ1v) is 17.5. The fourth-order valence-corrected chi connectivity index (χ4v) is 7.48. The average Bonchev–Trinajstić information content (AvgIpc) is 3.24. The second kappa shape index (κ2) is 12.4. The zero-order valence-electron chi connectivity index (χ0n) is 28.1. The van der Waals surface area contributed by atoms with Crippen LogP contribution >= 0.6 is 0 Å². The minimum atomic E-state index is 0.629. The molecule has 10 aromatic rings. The molecule has 0 N–H and O–H groups in total. The number of rotatable bonds is 5. The van der Waals surface area contributed by atoms with E-state index in [0.29, 0.717) is 17.5 Å². The van der Waals surface area contributed by atoms with Crippen LogP contribution in [0.2, 0.25) is 0 Å². The number of benzene rings is 8. The molecule has 0 radical (unpaired) electrons. The van der Waals surface area contributed by atoms with Crippen molar-refractivity contribution in [2.75, 3.05) is 0 Å². The first kappa shape index (κ1) is 29.8. The lowest BCUT2D eigenvalue weighted by Gasteiger charge is -2.16. The maximum absolute atomic E-state index is 4.96. The fourth-order valence-electron chi connectivity index (χ4n) is 7.48. The molecule has 8 aromatic carbocycles. The summed E-state index contributed by atoms with van der Waals surface area (Å²) in [5.41, 5.74) is 8.23. The highest BCUT2D eigenvalue weighted by atomic mass is 15.0. The molecule has 242 valence electrons. The van der Waals surface area contributed by atoms with Gasteiger partial charge in [-0.25, -0.2) is 15.0 Å². The van der Waals surface area contributed by atoms with Gasteiger partial charge < -0.3 is 0 Å². The summed E-state index contributed by atoms with van der Waals surface area (Å²) in [4.78, 5) is 19.7. The van der Waals surface area contributed by atoms with Crippen molar-refractivity contribution in [1.29, 1.82) is 0 Å². The van der Waals surface area contributed by atoms with E-state index in [2.05, 4.69) is 109 Å². The predicted octanol–water partition coefficient (Wildman–Crippen LogP) is 12.2. The minimum Gasteiger partial charge on any atom is -0.256 e. The van der Waals surface area contributed by atoms with E-state index in [0.717, 1.165) is 49.8 Å². The van der Waals surface area contributed by atoms with Gasteiger partial charge in [-0.05, 0) is 61.1 Å². The van der Waals surface area contributed by atoms with Crippen LogP contribution in [-0.4, -0.2) is 19.9 Å². The van der Waals surface area contributed by atoms with Crippen molar-refractivity contribution in [3.8, 4) is 56.4 Å². The standard InChI is InChI=1S/C48H30N4/c1-3-12-33(13-4-1)46-50-47(34-14-5-2-6-15-34)52-48(51-46)35-23-21-31(22-24-35)44-37(27-25-32-16-11-29-49-45(32)44)36-26-28-42-40-19-8-7-17-38(40)39-18-9-10-20-41(39)43(42)30-36/h1-30H. The number of fused-ring (bicyclic) bond motifs is 7. The Kier molecular flexibility index (Phi) is 7.10. The van der Waals surface area contributed by atoms with Gasteiger partial charge in [0.2, 0.25) is 0 Å². The highest BCUT2D eigenvalue weighted by Gasteiger charge is 2.17. The Morgan fingerprint density at radius 1 is 0.308 bits per heavy atom. The largest absolute Gasteiger partial charge is 0.256 e. The van der Waals surface area contributed by atoms with Crippen LogP contribution in [0.4, 0.5) is 0 Å².